The van der Waals surface area contributed by atoms with Crippen molar-refractivity contribution in [3.8, 4) is 0 Å². The lowest BCUT2D eigenvalue weighted by Crippen LogP contribution is -2.30. The van der Waals surface area contributed by atoms with Gasteiger partial charge in [-0.15, -0.1) is 0 Å². The average Bonchev–Trinajstić information content (AvgIpc) is 2.97. The molecule has 1 unspecified atom stereocenters. The van der Waals surface area contributed by atoms with Gasteiger partial charge in [0.1, 0.15) is 17.0 Å². The fraction of sp³-hybridized carbons (Fsp3) is 0.188. The Labute approximate surface area is 122 Å². The maximum absolute atomic E-state index is 12.4. The minimum atomic E-state index is -0.188. The van der Waals surface area contributed by atoms with Gasteiger partial charge < -0.3 is 9.32 Å². The summed E-state index contributed by atoms with van der Waals surface area (Å²) in [5, 5.41) is 1.03. The Morgan fingerprint density at radius 3 is 2.81 bits per heavy atom. The third kappa shape index (κ3) is 2.50. The maximum atomic E-state index is 12.4. The number of amides is 1. The van der Waals surface area contributed by atoms with Gasteiger partial charge in [0.25, 0.3) is 5.91 Å². The van der Waals surface area contributed by atoms with E-state index >= 15 is 0 Å². The molecule has 0 saturated heterocycles. The second kappa shape index (κ2) is 5.36. The molecule has 2 aromatic heterocycles. The van der Waals surface area contributed by atoms with E-state index < -0.39 is 0 Å². The minimum absolute atomic E-state index is 0.184. The monoisotopic (exact) mass is 281 g/mol. The molecule has 0 bridgehead atoms. The van der Waals surface area contributed by atoms with Gasteiger partial charge in [-0.2, -0.15) is 0 Å². The summed E-state index contributed by atoms with van der Waals surface area (Å²) in [6.45, 7) is 1.92. The highest BCUT2D eigenvalue weighted by atomic mass is 16.3. The molecule has 2 heterocycles. The predicted molar refractivity (Wildman–Crippen MR) is 78.8 cm³/mol. The number of benzene rings is 1. The van der Waals surface area contributed by atoms with Crippen LogP contribution in [0.3, 0.4) is 0 Å². The predicted octanol–water partition coefficient (Wildman–Crippen LogP) is 3.06. The zero-order valence-corrected chi connectivity index (χ0v) is 11.9. The van der Waals surface area contributed by atoms with Gasteiger partial charge in [-0.05, 0) is 19.1 Å². The molecule has 3 aromatic rings. The first-order valence-electron chi connectivity index (χ1n) is 6.68. The van der Waals surface area contributed by atoms with Gasteiger partial charge in [0, 0.05) is 24.8 Å². The number of fused-ring (bicyclic) bond motifs is 1. The van der Waals surface area contributed by atoms with Gasteiger partial charge in [0.05, 0.1) is 12.2 Å². The number of hydrogen-bond acceptors (Lipinski definition) is 4. The molecule has 21 heavy (non-hydrogen) atoms. The Hall–Kier alpha value is -2.69. The van der Waals surface area contributed by atoms with Crippen molar-refractivity contribution in [3.05, 3.63) is 60.4 Å². The Morgan fingerprint density at radius 2 is 2.10 bits per heavy atom. The number of carbonyl (C=O) groups excluding carboxylic acids is 1. The second-order valence-electron chi connectivity index (χ2n) is 4.87. The normalized spacial score (nSPS) is 12.3. The standard InChI is InChI=1S/C16H15N3O2/c1-11(15-9-12-5-3-4-6-14(12)21-15)19(2)16(20)13-10-17-7-8-18-13/h3-11H,1-2H3. The van der Waals surface area contributed by atoms with Gasteiger partial charge in [-0.25, -0.2) is 4.98 Å². The molecular weight excluding hydrogens is 266 g/mol. The molecule has 0 fully saturated rings. The number of hydrogen-bond donors (Lipinski definition) is 0. The quantitative estimate of drug-likeness (QED) is 0.740. The molecule has 5 nitrogen and oxygen atoms in total. The van der Waals surface area contributed by atoms with Gasteiger partial charge in [-0.1, -0.05) is 18.2 Å². The lowest BCUT2D eigenvalue weighted by Gasteiger charge is -2.22. The molecule has 1 amide bonds. The van der Waals surface area contributed by atoms with E-state index in [0.717, 1.165) is 16.7 Å². The van der Waals surface area contributed by atoms with E-state index in [1.54, 1.807) is 18.1 Å². The second-order valence-corrected chi connectivity index (χ2v) is 4.87. The lowest BCUT2D eigenvalue weighted by molar-refractivity contribution is 0.0721. The average molecular weight is 281 g/mol. The highest BCUT2D eigenvalue weighted by Crippen LogP contribution is 2.27. The van der Waals surface area contributed by atoms with E-state index in [1.807, 2.05) is 37.3 Å². The number of aromatic nitrogens is 2. The van der Waals surface area contributed by atoms with Crippen LogP contribution in [0.1, 0.15) is 29.2 Å². The van der Waals surface area contributed by atoms with Crippen LogP contribution in [0.5, 0.6) is 0 Å². The number of para-hydroxylation sites is 1. The molecule has 3 rings (SSSR count). The van der Waals surface area contributed by atoms with E-state index in [-0.39, 0.29) is 11.9 Å². The van der Waals surface area contributed by atoms with Crippen LogP contribution in [0.4, 0.5) is 0 Å². The summed E-state index contributed by atoms with van der Waals surface area (Å²) in [5.74, 6) is 0.562. The fourth-order valence-electron chi connectivity index (χ4n) is 2.17. The molecule has 0 aliphatic rings. The third-order valence-corrected chi connectivity index (χ3v) is 3.54. The van der Waals surface area contributed by atoms with Gasteiger partial charge >= 0.3 is 0 Å². The smallest absolute Gasteiger partial charge is 0.274 e. The largest absolute Gasteiger partial charge is 0.459 e. The molecule has 0 saturated carbocycles. The van der Waals surface area contributed by atoms with Crippen molar-refractivity contribution in [2.24, 2.45) is 0 Å². The van der Waals surface area contributed by atoms with Crippen LogP contribution in [0.2, 0.25) is 0 Å². The fourth-order valence-corrected chi connectivity index (χ4v) is 2.17. The molecule has 106 valence electrons. The number of carbonyl (C=O) groups is 1. The van der Waals surface area contributed by atoms with Crippen molar-refractivity contribution in [3.63, 3.8) is 0 Å². The zero-order chi connectivity index (χ0) is 14.8. The van der Waals surface area contributed by atoms with Crippen molar-refractivity contribution in [1.82, 2.24) is 14.9 Å². The molecular formula is C16H15N3O2. The Balaban J connectivity index is 1.87. The van der Waals surface area contributed by atoms with Crippen molar-refractivity contribution in [2.45, 2.75) is 13.0 Å². The maximum Gasteiger partial charge on any atom is 0.274 e. The lowest BCUT2D eigenvalue weighted by atomic mass is 10.2. The summed E-state index contributed by atoms with van der Waals surface area (Å²) in [4.78, 5) is 21.9. The van der Waals surface area contributed by atoms with Crippen LogP contribution in [0.15, 0.2) is 53.3 Å². The van der Waals surface area contributed by atoms with Crippen molar-refractivity contribution in [1.29, 1.82) is 0 Å². The topological polar surface area (TPSA) is 59.2 Å². The molecule has 0 aliphatic heterocycles. The summed E-state index contributed by atoms with van der Waals surface area (Å²) in [7, 11) is 1.73. The Bertz CT molecular complexity index is 734. The van der Waals surface area contributed by atoms with E-state index in [0.29, 0.717) is 5.69 Å². The summed E-state index contributed by atoms with van der Waals surface area (Å²) >= 11 is 0. The van der Waals surface area contributed by atoms with Crippen LogP contribution < -0.4 is 0 Å². The Morgan fingerprint density at radius 1 is 1.29 bits per heavy atom. The number of rotatable bonds is 3. The summed E-state index contributed by atoms with van der Waals surface area (Å²) in [5.41, 5.74) is 1.14. The van der Waals surface area contributed by atoms with Crippen LogP contribution in [-0.2, 0) is 0 Å². The van der Waals surface area contributed by atoms with Gasteiger partial charge in [0.15, 0.2) is 0 Å². The molecule has 0 radical (unpaired) electrons. The van der Waals surface area contributed by atoms with Crippen LogP contribution in [0, 0.1) is 0 Å². The van der Waals surface area contributed by atoms with E-state index in [9.17, 15) is 4.79 Å². The third-order valence-electron chi connectivity index (χ3n) is 3.54. The first-order chi connectivity index (χ1) is 10.2. The van der Waals surface area contributed by atoms with Crippen molar-refractivity contribution in [2.75, 3.05) is 7.05 Å². The van der Waals surface area contributed by atoms with Crippen molar-refractivity contribution >= 4 is 16.9 Å². The molecule has 0 N–H and O–H groups in total. The van der Waals surface area contributed by atoms with Crippen LogP contribution in [0.25, 0.3) is 11.0 Å². The summed E-state index contributed by atoms with van der Waals surface area (Å²) in [6, 6.07) is 9.55. The minimum Gasteiger partial charge on any atom is -0.459 e. The van der Waals surface area contributed by atoms with Gasteiger partial charge in [0.2, 0.25) is 0 Å². The van der Waals surface area contributed by atoms with Crippen LogP contribution >= 0.6 is 0 Å². The van der Waals surface area contributed by atoms with E-state index in [1.165, 1.54) is 12.4 Å². The highest BCUT2D eigenvalue weighted by Gasteiger charge is 2.22. The molecule has 1 aromatic carbocycles. The number of nitrogens with zero attached hydrogens (tertiary/aromatic N) is 3. The van der Waals surface area contributed by atoms with E-state index in [4.69, 9.17) is 4.42 Å². The first kappa shape index (κ1) is 13.3. The summed E-state index contributed by atoms with van der Waals surface area (Å²) in [6.07, 6.45) is 4.51. The molecule has 5 heteroatoms. The first-order valence-corrected chi connectivity index (χ1v) is 6.68. The molecule has 0 aliphatic carbocycles. The van der Waals surface area contributed by atoms with Gasteiger partial charge in [-0.3, -0.25) is 9.78 Å². The SMILES string of the molecule is CC(c1cc2ccccc2o1)N(C)C(=O)c1cnccn1. The molecule has 1 atom stereocenters. The zero-order valence-electron chi connectivity index (χ0n) is 11.9. The van der Waals surface area contributed by atoms with Crippen molar-refractivity contribution < 1.29 is 9.21 Å². The summed E-state index contributed by atoms with van der Waals surface area (Å²) < 4.78 is 5.81. The number of furan rings is 1. The Kier molecular flexibility index (Phi) is 3.39. The van der Waals surface area contributed by atoms with Crippen LogP contribution in [-0.4, -0.2) is 27.8 Å². The highest BCUT2D eigenvalue weighted by molar-refractivity contribution is 5.92. The molecule has 0 spiro atoms. The van der Waals surface area contributed by atoms with E-state index in [2.05, 4.69) is 9.97 Å².